The lowest BCUT2D eigenvalue weighted by Crippen LogP contribution is -2.45. The van der Waals surface area contributed by atoms with Gasteiger partial charge in [-0.15, -0.1) is 0 Å². The molecule has 1 heterocycles. The van der Waals surface area contributed by atoms with Gasteiger partial charge in [-0.1, -0.05) is 25.6 Å². The van der Waals surface area contributed by atoms with Crippen molar-refractivity contribution in [3.63, 3.8) is 0 Å². The fourth-order valence-electron chi connectivity index (χ4n) is 1.63. The third-order valence-electron chi connectivity index (χ3n) is 2.45. The van der Waals surface area contributed by atoms with Crippen LogP contribution in [-0.4, -0.2) is 36.5 Å². The van der Waals surface area contributed by atoms with E-state index in [-0.39, 0.29) is 16.7 Å². The Balaban J connectivity index is 2.45. The molecule has 1 fully saturated rings. The molecule has 4 nitrogen and oxygen atoms in total. The van der Waals surface area contributed by atoms with Crippen LogP contribution in [0.5, 0.6) is 0 Å². The molecule has 16 heavy (non-hydrogen) atoms. The van der Waals surface area contributed by atoms with Gasteiger partial charge in [-0.3, -0.25) is 4.79 Å². The zero-order valence-electron chi connectivity index (χ0n) is 9.95. The molecule has 0 spiro atoms. The number of rotatable bonds is 3. The van der Waals surface area contributed by atoms with Gasteiger partial charge in [0.15, 0.2) is 9.84 Å². The first-order chi connectivity index (χ1) is 7.22. The third-order valence-corrected chi connectivity index (χ3v) is 5.56. The summed E-state index contributed by atoms with van der Waals surface area (Å²) in [6, 6.07) is 0. The van der Waals surface area contributed by atoms with Crippen LogP contribution in [-0.2, 0) is 9.84 Å². The number of hydrogen-bond acceptors (Lipinski definition) is 4. The van der Waals surface area contributed by atoms with Crippen molar-refractivity contribution in [1.82, 2.24) is 5.32 Å². The minimum Gasteiger partial charge on any atom is -0.341 e. The lowest BCUT2D eigenvalue weighted by atomic mass is 10.0. The molecule has 1 atom stereocenters. The number of carbonyl (C=O) groups excluding carboxylic acids is 1. The third kappa shape index (κ3) is 4.33. The van der Waals surface area contributed by atoms with Crippen molar-refractivity contribution < 1.29 is 13.2 Å². The van der Waals surface area contributed by atoms with Crippen molar-refractivity contribution in [2.45, 2.75) is 32.7 Å². The highest BCUT2D eigenvalue weighted by Gasteiger charge is 2.39. The van der Waals surface area contributed by atoms with Gasteiger partial charge in [0.05, 0.1) is 17.0 Å². The Kier molecular flexibility index (Phi) is 4.29. The van der Waals surface area contributed by atoms with Gasteiger partial charge in [-0.05, 0) is 19.3 Å². The Morgan fingerprint density at radius 3 is 2.56 bits per heavy atom. The van der Waals surface area contributed by atoms with Crippen molar-refractivity contribution in [3.05, 3.63) is 0 Å². The minimum atomic E-state index is -2.95. The fourth-order valence-corrected chi connectivity index (χ4v) is 4.53. The lowest BCUT2D eigenvalue weighted by molar-refractivity contribution is 0.251. The lowest BCUT2D eigenvalue weighted by Gasteiger charge is -2.23. The van der Waals surface area contributed by atoms with E-state index in [1.165, 1.54) is 11.8 Å². The van der Waals surface area contributed by atoms with Crippen molar-refractivity contribution >= 4 is 26.8 Å². The number of thioether (sulfide) groups is 1. The van der Waals surface area contributed by atoms with E-state index >= 15 is 0 Å². The summed E-state index contributed by atoms with van der Waals surface area (Å²) in [5, 5.41) is 2.69. The normalized spacial score (nSPS) is 28.2. The largest absolute Gasteiger partial charge is 0.341 e. The average molecular weight is 265 g/mol. The zero-order valence-corrected chi connectivity index (χ0v) is 11.6. The molecule has 1 unspecified atom stereocenters. The molecule has 6 heteroatoms. The van der Waals surface area contributed by atoms with Gasteiger partial charge in [0.1, 0.15) is 0 Å². The molecule has 94 valence electrons. The van der Waals surface area contributed by atoms with Gasteiger partial charge in [0.25, 0.3) is 5.24 Å². The monoisotopic (exact) mass is 265 g/mol. The fraction of sp³-hybridized carbons (Fsp3) is 0.900. The van der Waals surface area contributed by atoms with Crippen LogP contribution in [0.4, 0.5) is 4.79 Å². The Labute approximate surface area is 101 Å². The van der Waals surface area contributed by atoms with Gasteiger partial charge in [0, 0.05) is 5.75 Å². The Morgan fingerprint density at radius 2 is 2.12 bits per heavy atom. The molecular formula is C10H19NO3S2. The second-order valence-electron chi connectivity index (χ2n) is 5.02. The van der Waals surface area contributed by atoms with E-state index in [0.29, 0.717) is 12.3 Å². The number of carbonyl (C=O) groups is 1. The highest BCUT2D eigenvalue weighted by molar-refractivity contribution is 8.13. The summed E-state index contributed by atoms with van der Waals surface area (Å²) >= 11 is 1.23. The Bertz CT molecular complexity index is 364. The van der Waals surface area contributed by atoms with Crippen molar-refractivity contribution in [3.8, 4) is 0 Å². The first kappa shape index (κ1) is 13.8. The molecule has 0 aliphatic carbocycles. The summed E-state index contributed by atoms with van der Waals surface area (Å²) in [5.74, 6) is 1.46. The number of sulfone groups is 1. The van der Waals surface area contributed by atoms with Crippen LogP contribution < -0.4 is 5.32 Å². The molecule has 0 aromatic rings. The van der Waals surface area contributed by atoms with E-state index in [1.807, 2.05) is 13.8 Å². The number of hydrogen-bond donors (Lipinski definition) is 1. The van der Waals surface area contributed by atoms with E-state index in [2.05, 4.69) is 5.32 Å². The second kappa shape index (κ2) is 4.96. The standard InChI is InChI=1S/C10H19NO3S2/c1-8(2)6-15-9(12)11-10(3)4-5-16(13,14)7-10/h8H,4-7H2,1-3H3,(H,11,12). The zero-order chi connectivity index (χ0) is 12.4. The van der Waals surface area contributed by atoms with Crippen LogP contribution in [0.25, 0.3) is 0 Å². The summed E-state index contributed by atoms with van der Waals surface area (Å²) < 4.78 is 22.7. The quantitative estimate of drug-likeness (QED) is 0.843. The maximum absolute atomic E-state index is 11.6. The van der Waals surface area contributed by atoms with E-state index in [0.717, 1.165) is 5.75 Å². The van der Waals surface area contributed by atoms with Crippen LogP contribution in [0.1, 0.15) is 27.2 Å². The molecule has 0 aromatic carbocycles. The number of nitrogens with one attached hydrogen (secondary N) is 1. The molecule has 1 aliphatic heterocycles. The van der Waals surface area contributed by atoms with E-state index < -0.39 is 15.4 Å². The van der Waals surface area contributed by atoms with Crippen molar-refractivity contribution in [2.24, 2.45) is 5.92 Å². The van der Waals surface area contributed by atoms with Gasteiger partial charge in [-0.2, -0.15) is 0 Å². The van der Waals surface area contributed by atoms with E-state index in [4.69, 9.17) is 0 Å². The summed E-state index contributed by atoms with van der Waals surface area (Å²) in [6.07, 6.45) is 0.517. The topological polar surface area (TPSA) is 63.2 Å². The summed E-state index contributed by atoms with van der Waals surface area (Å²) in [4.78, 5) is 11.6. The van der Waals surface area contributed by atoms with E-state index in [1.54, 1.807) is 6.92 Å². The average Bonchev–Trinajstić information content (AvgIpc) is 2.37. The molecule has 0 aromatic heterocycles. The van der Waals surface area contributed by atoms with Crippen molar-refractivity contribution in [2.75, 3.05) is 17.3 Å². The smallest absolute Gasteiger partial charge is 0.279 e. The molecule has 1 rings (SSSR count). The SMILES string of the molecule is CC(C)CSC(=O)NC1(C)CCS(=O)(=O)C1. The predicted molar refractivity (Wildman–Crippen MR) is 67.5 cm³/mol. The van der Waals surface area contributed by atoms with Gasteiger partial charge in [-0.25, -0.2) is 8.42 Å². The predicted octanol–water partition coefficient (Wildman–Crippen LogP) is 1.66. The van der Waals surface area contributed by atoms with Crippen LogP contribution in [0.3, 0.4) is 0 Å². The molecule has 1 aliphatic rings. The summed E-state index contributed by atoms with van der Waals surface area (Å²) in [5.41, 5.74) is -0.570. The van der Waals surface area contributed by atoms with Crippen molar-refractivity contribution in [1.29, 1.82) is 0 Å². The first-order valence-electron chi connectivity index (χ1n) is 5.38. The molecule has 0 radical (unpaired) electrons. The highest BCUT2D eigenvalue weighted by atomic mass is 32.2. The summed E-state index contributed by atoms with van der Waals surface area (Å²) in [6.45, 7) is 5.88. The van der Waals surface area contributed by atoms with Crippen LogP contribution in [0.15, 0.2) is 0 Å². The van der Waals surface area contributed by atoms with Gasteiger partial charge in [0.2, 0.25) is 0 Å². The molecule has 1 saturated heterocycles. The summed E-state index contributed by atoms with van der Waals surface area (Å²) in [7, 11) is -2.95. The van der Waals surface area contributed by atoms with Crippen LogP contribution >= 0.6 is 11.8 Å². The van der Waals surface area contributed by atoms with E-state index in [9.17, 15) is 13.2 Å². The Hall–Kier alpha value is -0.230. The highest BCUT2D eigenvalue weighted by Crippen LogP contribution is 2.24. The number of amides is 1. The molecule has 1 N–H and O–H groups in total. The van der Waals surface area contributed by atoms with Crippen LogP contribution in [0.2, 0.25) is 0 Å². The first-order valence-corrected chi connectivity index (χ1v) is 8.18. The van der Waals surface area contributed by atoms with Crippen LogP contribution in [0, 0.1) is 5.92 Å². The van der Waals surface area contributed by atoms with Gasteiger partial charge < -0.3 is 5.32 Å². The maximum Gasteiger partial charge on any atom is 0.279 e. The minimum absolute atomic E-state index is 0.0635. The molecule has 1 amide bonds. The van der Waals surface area contributed by atoms with Gasteiger partial charge >= 0.3 is 0 Å². The molecular weight excluding hydrogens is 246 g/mol. The maximum atomic E-state index is 11.6. The second-order valence-corrected chi connectivity index (χ2v) is 8.20. The molecule has 0 bridgehead atoms. The molecule has 0 saturated carbocycles. The Morgan fingerprint density at radius 1 is 1.50 bits per heavy atom.